The summed E-state index contributed by atoms with van der Waals surface area (Å²) in [6, 6.07) is 9.32. The van der Waals surface area contributed by atoms with Crippen molar-refractivity contribution in [2.45, 2.75) is 81.2 Å². The highest BCUT2D eigenvalue weighted by Crippen LogP contribution is 2.80. The third kappa shape index (κ3) is 3.24. The molecule has 1 aromatic carbocycles. The second-order valence-electron chi connectivity index (χ2n) is 13.9. The number of hydrogen-bond donors (Lipinski definition) is 2. The summed E-state index contributed by atoms with van der Waals surface area (Å²) in [6.07, 6.45) is 4.50. The highest BCUT2D eigenvalue weighted by atomic mass is 16.6. The van der Waals surface area contributed by atoms with Crippen molar-refractivity contribution in [2.24, 2.45) is 34.5 Å². The van der Waals surface area contributed by atoms with E-state index < -0.39 is 40.7 Å². The zero-order chi connectivity index (χ0) is 28.9. The summed E-state index contributed by atoms with van der Waals surface area (Å²) in [6.45, 7) is 6.10. The van der Waals surface area contributed by atoms with E-state index in [4.69, 9.17) is 18.9 Å². The number of likely N-dealkylation sites (tertiary alicyclic amines) is 1. The number of likely N-dealkylation sites (N-methyl/N-ethyl adjacent to an activating group) is 1. The molecule has 5 saturated carbocycles. The number of fused-ring (bicyclic) bond motifs is 2. The van der Waals surface area contributed by atoms with E-state index in [0.717, 1.165) is 37.9 Å². The number of hydrogen-bond acceptors (Lipinski definition) is 8. The first-order valence-electron chi connectivity index (χ1n) is 15.4. The lowest BCUT2D eigenvalue weighted by Crippen LogP contribution is -2.81. The van der Waals surface area contributed by atoms with E-state index in [-0.39, 0.29) is 47.8 Å². The fourth-order valence-electron chi connectivity index (χ4n) is 11.7. The number of nitrogens with zero attached hydrogens (tertiary/aromatic N) is 1. The maximum atomic E-state index is 13.3. The fraction of sp³-hybridized carbons (Fsp3) is 0.727. The van der Waals surface area contributed by atoms with Gasteiger partial charge in [-0.1, -0.05) is 44.2 Å². The van der Waals surface area contributed by atoms with Gasteiger partial charge in [-0.2, -0.15) is 0 Å². The molecule has 13 atom stereocenters. The molecule has 0 aromatic heterocycles. The second kappa shape index (κ2) is 9.34. The van der Waals surface area contributed by atoms with E-state index in [1.807, 2.05) is 30.3 Å². The third-order valence-electron chi connectivity index (χ3n) is 12.7. The molecule has 6 aliphatic rings. The van der Waals surface area contributed by atoms with Crippen LogP contribution in [0.3, 0.4) is 0 Å². The Balaban J connectivity index is 1.38. The van der Waals surface area contributed by atoms with Crippen LogP contribution in [0.25, 0.3) is 6.08 Å². The van der Waals surface area contributed by atoms with Crippen LogP contribution in [0.15, 0.2) is 36.4 Å². The number of rotatable bonds is 7. The van der Waals surface area contributed by atoms with Crippen molar-refractivity contribution in [1.29, 1.82) is 0 Å². The number of benzene rings is 1. The van der Waals surface area contributed by atoms with Gasteiger partial charge in [-0.05, 0) is 48.8 Å². The van der Waals surface area contributed by atoms with Crippen LogP contribution < -0.4 is 0 Å². The van der Waals surface area contributed by atoms with Crippen molar-refractivity contribution in [3.63, 3.8) is 0 Å². The van der Waals surface area contributed by atoms with Crippen LogP contribution in [0.4, 0.5) is 0 Å². The molecule has 1 saturated heterocycles. The van der Waals surface area contributed by atoms with E-state index in [1.54, 1.807) is 27.4 Å². The average Bonchev–Trinajstić information content (AvgIpc) is 3.37. The van der Waals surface area contributed by atoms with Gasteiger partial charge in [0.25, 0.3) is 0 Å². The van der Waals surface area contributed by atoms with Crippen LogP contribution >= 0.6 is 0 Å². The molecule has 7 rings (SSSR count). The van der Waals surface area contributed by atoms with Crippen LogP contribution in [0.1, 0.15) is 45.1 Å². The van der Waals surface area contributed by atoms with Gasteiger partial charge in [-0.25, -0.2) is 4.79 Å². The molecular formula is C33H45NO7. The van der Waals surface area contributed by atoms with Gasteiger partial charge in [0.2, 0.25) is 0 Å². The lowest BCUT2D eigenvalue weighted by molar-refractivity contribution is -0.317. The maximum Gasteiger partial charge on any atom is 0.331 e. The Bertz CT molecular complexity index is 1230. The van der Waals surface area contributed by atoms with Gasteiger partial charge in [0, 0.05) is 63.5 Å². The number of piperidine rings is 1. The monoisotopic (exact) mass is 567 g/mol. The number of carbonyl (C=O) groups is 1. The van der Waals surface area contributed by atoms with Crippen molar-refractivity contribution in [2.75, 3.05) is 34.4 Å². The Morgan fingerprint density at radius 2 is 1.88 bits per heavy atom. The fourth-order valence-corrected chi connectivity index (χ4v) is 11.7. The predicted octanol–water partition coefficient (Wildman–Crippen LogP) is 2.91. The van der Waals surface area contributed by atoms with Crippen LogP contribution in [0.2, 0.25) is 0 Å². The van der Waals surface area contributed by atoms with E-state index in [0.29, 0.717) is 0 Å². The molecule has 8 heteroatoms. The van der Waals surface area contributed by atoms with Crippen LogP contribution in [0.5, 0.6) is 0 Å². The van der Waals surface area contributed by atoms with E-state index in [2.05, 4.69) is 18.7 Å². The highest BCUT2D eigenvalue weighted by molar-refractivity contribution is 5.87. The van der Waals surface area contributed by atoms with Crippen molar-refractivity contribution in [3.05, 3.63) is 42.0 Å². The molecule has 0 unspecified atom stereocenters. The van der Waals surface area contributed by atoms with Crippen LogP contribution in [-0.4, -0.2) is 97.2 Å². The SMILES string of the molecule is CCN1C[C@]2(C)CC[C@H](OC)[C@@]34[C@@H]5C[C@H]6[C@H](OC(=O)C=Cc7ccccc7)[C@@H]5[C@](O)(C[C@@H]6OC)[C@@](O)([C@@H](OC)[C@H]23)[C@@H]14. The number of carbonyl (C=O) groups excluding carboxylic acids is 1. The Labute approximate surface area is 243 Å². The second-order valence-corrected chi connectivity index (χ2v) is 13.9. The first kappa shape index (κ1) is 28.0. The van der Waals surface area contributed by atoms with E-state index >= 15 is 0 Å². The molecule has 6 fully saturated rings. The number of methoxy groups -OCH3 is 3. The number of ether oxygens (including phenoxy) is 4. The topological polar surface area (TPSA) is 97.7 Å². The normalized spacial score (nSPS) is 51.2. The number of esters is 1. The van der Waals surface area contributed by atoms with Crippen molar-refractivity contribution in [1.82, 2.24) is 4.90 Å². The average molecular weight is 568 g/mol. The molecule has 1 aliphatic heterocycles. The molecule has 1 spiro atoms. The molecule has 7 bridgehead atoms. The smallest absolute Gasteiger partial charge is 0.331 e. The molecule has 8 nitrogen and oxygen atoms in total. The van der Waals surface area contributed by atoms with Crippen molar-refractivity contribution in [3.8, 4) is 0 Å². The number of aliphatic hydroxyl groups is 2. The van der Waals surface area contributed by atoms with Gasteiger partial charge in [0.1, 0.15) is 17.3 Å². The highest BCUT2D eigenvalue weighted by Gasteiger charge is 2.91. The molecule has 41 heavy (non-hydrogen) atoms. The van der Waals surface area contributed by atoms with Gasteiger partial charge in [-0.3, -0.25) is 4.90 Å². The van der Waals surface area contributed by atoms with Crippen molar-refractivity contribution >= 4 is 12.0 Å². The minimum Gasteiger partial charge on any atom is -0.458 e. The Kier molecular flexibility index (Phi) is 6.38. The molecule has 0 radical (unpaired) electrons. The molecule has 5 aliphatic carbocycles. The standard InChI is InChI=1S/C33H45NO7/c1-6-34-18-30(2)15-14-23(39-4)32-21-16-20-22(38-3)17-31(36,33(37,29(32)34)28(40-5)27(30)32)25(21)26(20)41-24(35)13-12-19-10-8-7-9-11-19/h7-13,20-23,25-29,36-37H,6,14-18H2,1-5H3/t20-,21-,22+,23+,25-,26+,27-,28+,29+,30+,31-,32+,33-/m1/s1. The Morgan fingerprint density at radius 3 is 2.54 bits per heavy atom. The zero-order valence-electron chi connectivity index (χ0n) is 24.9. The zero-order valence-corrected chi connectivity index (χ0v) is 24.9. The van der Waals surface area contributed by atoms with Crippen LogP contribution in [-0.2, 0) is 23.7 Å². The molecule has 1 heterocycles. The summed E-state index contributed by atoms with van der Waals surface area (Å²) in [7, 11) is 5.13. The van der Waals surface area contributed by atoms with Gasteiger partial charge in [0.05, 0.1) is 24.4 Å². The Hall–Kier alpha value is -1.81. The lowest BCUT2D eigenvalue weighted by Gasteiger charge is -2.69. The molecule has 0 amide bonds. The molecule has 224 valence electrons. The first-order chi connectivity index (χ1) is 19.6. The summed E-state index contributed by atoms with van der Waals surface area (Å²) in [5, 5.41) is 26.3. The van der Waals surface area contributed by atoms with E-state index in [9.17, 15) is 15.0 Å². The minimum atomic E-state index is -1.58. The first-order valence-corrected chi connectivity index (χ1v) is 15.4. The Morgan fingerprint density at radius 1 is 1.12 bits per heavy atom. The summed E-state index contributed by atoms with van der Waals surface area (Å²) in [4.78, 5) is 15.7. The lowest BCUT2D eigenvalue weighted by atomic mass is 9.43. The van der Waals surface area contributed by atoms with Gasteiger partial charge < -0.3 is 29.2 Å². The van der Waals surface area contributed by atoms with Crippen LogP contribution in [0, 0.1) is 34.5 Å². The molecular weight excluding hydrogens is 522 g/mol. The van der Waals surface area contributed by atoms with Gasteiger partial charge >= 0.3 is 5.97 Å². The largest absolute Gasteiger partial charge is 0.458 e. The quantitative estimate of drug-likeness (QED) is 0.384. The van der Waals surface area contributed by atoms with E-state index in [1.165, 1.54) is 6.08 Å². The predicted molar refractivity (Wildman–Crippen MR) is 152 cm³/mol. The van der Waals surface area contributed by atoms with Gasteiger partial charge in [-0.15, -0.1) is 0 Å². The van der Waals surface area contributed by atoms with Crippen molar-refractivity contribution < 1.29 is 34.0 Å². The third-order valence-corrected chi connectivity index (χ3v) is 12.7. The summed E-state index contributed by atoms with van der Waals surface area (Å²) in [5.41, 5.74) is -2.80. The summed E-state index contributed by atoms with van der Waals surface area (Å²) >= 11 is 0. The molecule has 1 aromatic rings. The summed E-state index contributed by atoms with van der Waals surface area (Å²) < 4.78 is 25.0. The molecule has 2 N–H and O–H groups in total. The summed E-state index contributed by atoms with van der Waals surface area (Å²) in [5.74, 6) is -0.993. The maximum absolute atomic E-state index is 13.3. The van der Waals surface area contributed by atoms with Gasteiger partial charge in [0.15, 0.2) is 0 Å². The minimum absolute atomic E-state index is 0.00481.